The fourth-order valence-corrected chi connectivity index (χ4v) is 1.39. The zero-order valence-corrected chi connectivity index (χ0v) is 7.69. The summed E-state index contributed by atoms with van der Waals surface area (Å²) < 4.78 is 6.01. The molecule has 1 aliphatic heterocycles. The third-order valence-corrected chi connectivity index (χ3v) is 2.08. The number of aromatic nitrogens is 5. The highest BCUT2D eigenvalue weighted by atomic mass is 16.7. The van der Waals surface area contributed by atoms with Crippen LogP contribution >= 0.6 is 0 Å². The largest absolute Gasteiger partial charge is 0.442 e. The molecule has 2 aromatic heterocycles. The molecule has 10 nitrogen and oxygen atoms in total. The molecule has 2 N–H and O–H groups in total. The van der Waals surface area contributed by atoms with Gasteiger partial charge in [0.05, 0.1) is 6.20 Å². The Bertz CT molecular complexity index is 532. The number of hydrogen-bond donors (Lipinski definition) is 2. The van der Waals surface area contributed by atoms with Crippen molar-refractivity contribution in [3.05, 3.63) is 28.3 Å². The zero-order valence-electron chi connectivity index (χ0n) is 7.69. The van der Waals surface area contributed by atoms with Crippen molar-refractivity contribution in [2.24, 2.45) is 0 Å². The summed E-state index contributed by atoms with van der Waals surface area (Å²) in [5.74, 6) is 0.364. The van der Waals surface area contributed by atoms with Gasteiger partial charge in [-0.25, -0.2) is 15.1 Å². The Morgan fingerprint density at radius 2 is 2.50 bits per heavy atom. The molecule has 1 aliphatic rings. The van der Waals surface area contributed by atoms with Crippen LogP contribution in [0.15, 0.2) is 12.5 Å². The van der Waals surface area contributed by atoms with Gasteiger partial charge in [0, 0.05) is 0 Å². The summed E-state index contributed by atoms with van der Waals surface area (Å²) in [4.78, 5) is 14.4. The molecule has 16 heavy (non-hydrogen) atoms. The zero-order chi connectivity index (χ0) is 11.1. The highest BCUT2D eigenvalue weighted by Gasteiger charge is 2.33. The Labute approximate surface area is 87.4 Å². The first-order chi connectivity index (χ1) is 7.75. The van der Waals surface area contributed by atoms with Gasteiger partial charge in [0.15, 0.2) is 17.2 Å². The van der Waals surface area contributed by atoms with Gasteiger partial charge in [0.2, 0.25) is 6.23 Å². The monoisotopic (exact) mass is 223 g/mol. The van der Waals surface area contributed by atoms with Crippen LogP contribution in [0, 0.1) is 10.1 Å². The Balaban J connectivity index is 1.92. The highest BCUT2D eigenvalue weighted by molar-refractivity contribution is 5.51. The van der Waals surface area contributed by atoms with Gasteiger partial charge in [-0.1, -0.05) is 0 Å². The van der Waals surface area contributed by atoms with Gasteiger partial charge in [-0.2, -0.15) is 15.4 Å². The van der Waals surface area contributed by atoms with Crippen molar-refractivity contribution in [2.45, 2.75) is 6.23 Å². The molecule has 2 aromatic rings. The van der Waals surface area contributed by atoms with Gasteiger partial charge in [-0.15, -0.1) is 0 Å². The Morgan fingerprint density at radius 1 is 1.62 bits per heavy atom. The van der Waals surface area contributed by atoms with Crippen LogP contribution in [0.5, 0.6) is 5.88 Å². The first-order valence-corrected chi connectivity index (χ1v) is 4.26. The number of fused-ring (bicyclic) bond motifs is 1. The first-order valence-electron chi connectivity index (χ1n) is 4.26. The third-order valence-electron chi connectivity index (χ3n) is 2.08. The quantitative estimate of drug-likeness (QED) is 0.521. The highest BCUT2D eigenvalue weighted by Crippen LogP contribution is 2.35. The lowest BCUT2D eigenvalue weighted by molar-refractivity contribution is -0.543. The van der Waals surface area contributed by atoms with E-state index in [1.165, 1.54) is 6.20 Å². The lowest BCUT2D eigenvalue weighted by Gasteiger charge is -2.06. The van der Waals surface area contributed by atoms with E-state index < -0.39 is 11.3 Å². The molecule has 1 unspecified atom stereocenters. The Kier molecular flexibility index (Phi) is 1.58. The molecule has 3 heterocycles. The Hall–Kier alpha value is -2.65. The molecule has 10 heteroatoms. The lowest BCUT2D eigenvalue weighted by atomic mass is 10.4. The average Bonchev–Trinajstić information content (AvgIpc) is 2.92. The summed E-state index contributed by atoms with van der Waals surface area (Å²) in [5, 5.41) is 22.6. The second-order valence-electron chi connectivity index (χ2n) is 3.02. The van der Waals surface area contributed by atoms with Crippen LogP contribution in [0.25, 0.3) is 0 Å². The summed E-state index contributed by atoms with van der Waals surface area (Å²) in [7, 11) is 0. The molecule has 82 valence electrons. The Morgan fingerprint density at radius 3 is 3.19 bits per heavy atom. The van der Waals surface area contributed by atoms with Gasteiger partial charge in [-0.3, -0.25) is 0 Å². The summed E-state index contributed by atoms with van der Waals surface area (Å²) in [5.41, 5.74) is 0.493. The number of nitrogens with zero attached hydrogens (tertiary/aromatic N) is 5. The van der Waals surface area contributed by atoms with Crippen LogP contribution in [-0.4, -0.2) is 30.1 Å². The van der Waals surface area contributed by atoms with Crippen LogP contribution in [0.4, 0.5) is 5.82 Å². The van der Waals surface area contributed by atoms with Gasteiger partial charge in [0.25, 0.3) is 0 Å². The van der Waals surface area contributed by atoms with E-state index in [1.807, 2.05) is 0 Å². The van der Waals surface area contributed by atoms with Gasteiger partial charge < -0.3 is 10.1 Å². The second kappa shape index (κ2) is 2.92. The molecule has 0 saturated carbocycles. The molecule has 0 saturated heterocycles. The molecule has 0 amide bonds. The van der Waals surface area contributed by atoms with E-state index >= 15 is 0 Å². The number of aromatic amines is 1. The molecule has 0 radical (unpaired) electrons. The van der Waals surface area contributed by atoms with E-state index in [0.717, 1.165) is 6.33 Å². The van der Waals surface area contributed by atoms with Crippen molar-refractivity contribution in [2.75, 3.05) is 5.32 Å². The summed E-state index contributed by atoms with van der Waals surface area (Å²) in [6, 6.07) is 0. The number of H-pyrrole nitrogens is 1. The number of nitro groups is 1. The molecule has 0 bridgehead atoms. The molecular weight excluding hydrogens is 218 g/mol. The molecule has 0 spiro atoms. The third kappa shape index (κ3) is 1.09. The standard InChI is InChI=1S/C6H5N7O3/c14-13(15)12-2-7-4-6(12)16-5(9-4)3-1-8-11-10-3/h1-2,5,9H,(H,8,10,11). The molecule has 0 aromatic carbocycles. The lowest BCUT2D eigenvalue weighted by Crippen LogP contribution is -2.14. The van der Waals surface area contributed by atoms with Crippen LogP contribution < -0.4 is 10.1 Å². The van der Waals surface area contributed by atoms with Crippen LogP contribution in [-0.2, 0) is 0 Å². The number of anilines is 1. The molecule has 0 fully saturated rings. The molecule has 3 rings (SSSR count). The SMILES string of the molecule is O=[N+]([O-])n1cnc2c1OC(c1cn[nH]n1)N2. The van der Waals surface area contributed by atoms with E-state index in [1.54, 1.807) is 0 Å². The van der Waals surface area contributed by atoms with Crippen molar-refractivity contribution in [1.29, 1.82) is 0 Å². The predicted molar refractivity (Wildman–Crippen MR) is 48.0 cm³/mol. The number of hydrogen-bond acceptors (Lipinski definition) is 7. The number of imidazole rings is 1. The minimum Gasteiger partial charge on any atom is -0.442 e. The fraction of sp³-hybridized carbons (Fsp3) is 0.167. The van der Waals surface area contributed by atoms with Crippen LogP contribution in [0.1, 0.15) is 11.9 Å². The normalized spacial score (nSPS) is 17.6. The topological polar surface area (TPSA) is 124 Å². The summed E-state index contributed by atoms with van der Waals surface area (Å²) in [6.07, 6.45) is 1.92. The van der Waals surface area contributed by atoms with E-state index in [4.69, 9.17) is 4.74 Å². The number of nitrogens with one attached hydrogen (secondary N) is 2. The van der Waals surface area contributed by atoms with Crippen molar-refractivity contribution in [3.8, 4) is 5.88 Å². The molecule has 1 atom stereocenters. The second-order valence-corrected chi connectivity index (χ2v) is 3.02. The minimum absolute atomic E-state index is 0.0537. The summed E-state index contributed by atoms with van der Waals surface area (Å²) in [6.45, 7) is 0. The molecular formula is C6H5N7O3. The van der Waals surface area contributed by atoms with Crippen molar-refractivity contribution >= 4 is 5.82 Å². The smallest absolute Gasteiger partial charge is 0.305 e. The van der Waals surface area contributed by atoms with Crippen LogP contribution in [0.3, 0.4) is 0 Å². The maximum absolute atomic E-state index is 10.6. The van der Waals surface area contributed by atoms with Gasteiger partial charge >= 0.3 is 5.88 Å². The van der Waals surface area contributed by atoms with E-state index in [0.29, 0.717) is 16.2 Å². The first kappa shape index (κ1) is 8.64. The number of ether oxygens (including phenoxy) is 1. The van der Waals surface area contributed by atoms with Gasteiger partial charge in [0.1, 0.15) is 5.69 Å². The van der Waals surface area contributed by atoms with E-state index in [9.17, 15) is 10.1 Å². The fourth-order valence-electron chi connectivity index (χ4n) is 1.39. The maximum Gasteiger partial charge on any atom is 0.305 e. The van der Waals surface area contributed by atoms with Crippen molar-refractivity contribution in [3.63, 3.8) is 0 Å². The molecule has 0 aliphatic carbocycles. The maximum atomic E-state index is 10.6. The average molecular weight is 223 g/mol. The van der Waals surface area contributed by atoms with Crippen molar-refractivity contribution in [1.82, 2.24) is 25.1 Å². The number of rotatable bonds is 2. The van der Waals surface area contributed by atoms with E-state index in [-0.39, 0.29) is 5.88 Å². The summed E-state index contributed by atoms with van der Waals surface area (Å²) >= 11 is 0. The van der Waals surface area contributed by atoms with Crippen molar-refractivity contribution < 1.29 is 9.77 Å². The van der Waals surface area contributed by atoms with Gasteiger partial charge in [-0.05, 0) is 4.68 Å². The minimum atomic E-state index is -0.626. The van der Waals surface area contributed by atoms with Crippen LogP contribution in [0.2, 0.25) is 0 Å². The van der Waals surface area contributed by atoms with E-state index in [2.05, 4.69) is 25.7 Å². The predicted octanol–water partition coefficient (Wildman–Crippen LogP) is -0.456.